The van der Waals surface area contributed by atoms with E-state index in [1.165, 1.54) is 0 Å². The highest BCUT2D eigenvalue weighted by molar-refractivity contribution is 6.16. The number of rotatable bonds is 7. The quantitative estimate of drug-likeness (QED) is 0.735. The van der Waals surface area contributed by atoms with Gasteiger partial charge in [-0.2, -0.15) is 0 Å². The summed E-state index contributed by atoms with van der Waals surface area (Å²) in [7, 11) is 4.13. The Morgan fingerprint density at radius 2 is 2.15 bits per heavy atom. The first kappa shape index (κ1) is 15.1. The molecule has 0 N–H and O–H groups in total. The van der Waals surface area contributed by atoms with E-state index in [1.807, 2.05) is 12.1 Å². The summed E-state index contributed by atoms with van der Waals surface area (Å²) < 4.78 is 7.96. The van der Waals surface area contributed by atoms with Crippen molar-refractivity contribution in [1.82, 2.24) is 14.5 Å². The molecule has 2 rings (SSSR count). The van der Waals surface area contributed by atoms with Gasteiger partial charge in [0.05, 0.1) is 18.0 Å². The maximum atomic E-state index is 6.04. The van der Waals surface area contributed by atoms with E-state index >= 15 is 0 Å². The Labute approximate surface area is 125 Å². The zero-order valence-corrected chi connectivity index (χ0v) is 13.2. The lowest BCUT2D eigenvalue weighted by atomic mass is 10.3. The van der Waals surface area contributed by atoms with Crippen molar-refractivity contribution in [2.75, 3.05) is 27.2 Å². The monoisotopic (exact) mass is 295 g/mol. The van der Waals surface area contributed by atoms with Crippen molar-refractivity contribution < 1.29 is 4.74 Å². The number of likely N-dealkylation sites (N-methyl/N-ethyl adjacent to an activating group) is 1. The summed E-state index contributed by atoms with van der Waals surface area (Å²) >= 11 is 6.04. The number of halogens is 1. The molecule has 20 heavy (non-hydrogen) atoms. The number of hydrogen-bond donors (Lipinski definition) is 0. The average Bonchev–Trinajstić information content (AvgIpc) is 2.81. The van der Waals surface area contributed by atoms with Gasteiger partial charge in [-0.25, -0.2) is 4.98 Å². The van der Waals surface area contributed by atoms with Crippen molar-refractivity contribution in [3.8, 4) is 5.75 Å². The number of ether oxygens (including phenoxy) is 1. The van der Waals surface area contributed by atoms with Crippen molar-refractivity contribution in [2.45, 2.75) is 25.8 Å². The number of hydrogen-bond acceptors (Lipinski definition) is 3. The summed E-state index contributed by atoms with van der Waals surface area (Å²) in [5.41, 5.74) is 2.01. The first-order valence-electron chi connectivity index (χ1n) is 6.99. The van der Waals surface area contributed by atoms with Crippen molar-refractivity contribution in [3.63, 3.8) is 0 Å². The molecule has 5 heteroatoms. The molecular formula is C15H22ClN3O. The van der Waals surface area contributed by atoms with Crippen LogP contribution in [0.1, 0.15) is 19.2 Å². The Hall–Kier alpha value is -1.26. The molecule has 0 spiro atoms. The number of benzene rings is 1. The molecule has 0 amide bonds. The molecule has 0 aliphatic rings. The second-order valence-electron chi connectivity index (χ2n) is 5.09. The van der Waals surface area contributed by atoms with Gasteiger partial charge < -0.3 is 14.2 Å². The van der Waals surface area contributed by atoms with Crippen molar-refractivity contribution in [3.05, 3.63) is 24.0 Å². The third-order valence-electron chi connectivity index (χ3n) is 3.17. The summed E-state index contributed by atoms with van der Waals surface area (Å²) in [6.07, 6.45) is 0.986. The van der Waals surface area contributed by atoms with E-state index in [0.29, 0.717) is 12.5 Å². The first-order valence-corrected chi connectivity index (χ1v) is 7.52. The standard InChI is InChI=1S/C15H22ClN3O/c1-4-10-20-13-7-5-6-12-15(13)17-14(11-16)19(12)9-8-18(2)3/h5-7H,4,8-11H2,1-3H3. The Morgan fingerprint density at radius 1 is 1.35 bits per heavy atom. The van der Waals surface area contributed by atoms with Crippen LogP contribution in [0.2, 0.25) is 0 Å². The Balaban J connectivity index is 2.40. The summed E-state index contributed by atoms with van der Waals surface area (Å²) in [6.45, 7) is 4.64. The van der Waals surface area contributed by atoms with Gasteiger partial charge in [-0.15, -0.1) is 11.6 Å². The van der Waals surface area contributed by atoms with Crippen molar-refractivity contribution >= 4 is 22.6 Å². The SMILES string of the molecule is CCCOc1cccc2c1nc(CCl)n2CCN(C)C. The zero-order valence-electron chi connectivity index (χ0n) is 12.4. The topological polar surface area (TPSA) is 30.3 Å². The fourth-order valence-electron chi connectivity index (χ4n) is 2.15. The molecule has 1 aromatic heterocycles. The van der Waals surface area contributed by atoms with E-state index in [9.17, 15) is 0 Å². The van der Waals surface area contributed by atoms with Crippen LogP contribution >= 0.6 is 11.6 Å². The number of alkyl halides is 1. The summed E-state index contributed by atoms with van der Waals surface area (Å²) in [5.74, 6) is 2.16. The molecule has 0 aliphatic carbocycles. The normalized spacial score (nSPS) is 11.4. The summed E-state index contributed by atoms with van der Waals surface area (Å²) in [6, 6.07) is 6.06. The predicted octanol–water partition coefficient (Wildman–Crippen LogP) is 3.13. The van der Waals surface area contributed by atoms with Crippen LogP contribution in [0.25, 0.3) is 11.0 Å². The Kier molecular flexibility index (Phi) is 5.26. The lowest BCUT2D eigenvalue weighted by Gasteiger charge is -2.12. The number of fused-ring (bicyclic) bond motifs is 1. The van der Waals surface area contributed by atoms with Gasteiger partial charge in [-0.3, -0.25) is 0 Å². The minimum Gasteiger partial charge on any atom is -0.491 e. The molecule has 0 aliphatic heterocycles. The number of nitrogens with zero attached hydrogens (tertiary/aromatic N) is 3. The molecule has 1 heterocycles. The van der Waals surface area contributed by atoms with Gasteiger partial charge in [0.25, 0.3) is 0 Å². The molecule has 110 valence electrons. The maximum absolute atomic E-state index is 6.04. The van der Waals surface area contributed by atoms with Gasteiger partial charge in [0, 0.05) is 13.1 Å². The van der Waals surface area contributed by atoms with E-state index in [1.54, 1.807) is 0 Å². The third kappa shape index (κ3) is 3.25. The van der Waals surface area contributed by atoms with Gasteiger partial charge in [0.2, 0.25) is 0 Å². The second-order valence-corrected chi connectivity index (χ2v) is 5.36. The van der Waals surface area contributed by atoms with Gasteiger partial charge in [0.15, 0.2) is 0 Å². The van der Waals surface area contributed by atoms with Crippen LogP contribution < -0.4 is 4.74 Å². The summed E-state index contributed by atoms with van der Waals surface area (Å²) in [4.78, 5) is 6.80. The molecular weight excluding hydrogens is 274 g/mol. The molecule has 0 saturated carbocycles. The largest absolute Gasteiger partial charge is 0.491 e. The van der Waals surface area contributed by atoms with Gasteiger partial charge in [0.1, 0.15) is 17.1 Å². The number of para-hydroxylation sites is 1. The maximum Gasteiger partial charge on any atom is 0.147 e. The average molecular weight is 296 g/mol. The predicted molar refractivity (Wildman–Crippen MR) is 83.6 cm³/mol. The van der Waals surface area contributed by atoms with Gasteiger partial charge in [-0.05, 0) is 32.6 Å². The van der Waals surface area contributed by atoms with Crippen LogP contribution in [-0.4, -0.2) is 41.7 Å². The van der Waals surface area contributed by atoms with E-state index in [2.05, 4.69) is 41.5 Å². The molecule has 0 bridgehead atoms. The highest BCUT2D eigenvalue weighted by atomic mass is 35.5. The minimum atomic E-state index is 0.412. The van der Waals surface area contributed by atoms with Crippen LogP contribution in [0.15, 0.2) is 18.2 Å². The number of imidazole rings is 1. The van der Waals surface area contributed by atoms with Crippen LogP contribution in [0.5, 0.6) is 5.75 Å². The molecule has 2 aromatic rings. The fraction of sp³-hybridized carbons (Fsp3) is 0.533. The zero-order chi connectivity index (χ0) is 14.5. The minimum absolute atomic E-state index is 0.412. The van der Waals surface area contributed by atoms with E-state index < -0.39 is 0 Å². The van der Waals surface area contributed by atoms with E-state index in [-0.39, 0.29) is 0 Å². The molecule has 0 radical (unpaired) electrons. The smallest absolute Gasteiger partial charge is 0.147 e. The van der Waals surface area contributed by atoms with Crippen LogP contribution in [-0.2, 0) is 12.4 Å². The third-order valence-corrected chi connectivity index (χ3v) is 3.41. The van der Waals surface area contributed by atoms with Gasteiger partial charge >= 0.3 is 0 Å². The van der Waals surface area contributed by atoms with E-state index in [0.717, 1.165) is 42.1 Å². The first-order chi connectivity index (χ1) is 9.67. The fourth-order valence-corrected chi connectivity index (χ4v) is 2.35. The lowest BCUT2D eigenvalue weighted by Crippen LogP contribution is -2.19. The highest BCUT2D eigenvalue weighted by Gasteiger charge is 2.13. The van der Waals surface area contributed by atoms with Crippen LogP contribution in [0, 0.1) is 0 Å². The van der Waals surface area contributed by atoms with E-state index in [4.69, 9.17) is 16.3 Å². The van der Waals surface area contributed by atoms with Gasteiger partial charge in [-0.1, -0.05) is 13.0 Å². The Bertz CT molecular complexity index is 565. The molecule has 0 fully saturated rings. The van der Waals surface area contributed by atoms with Crippen LogP contribution in [0.3, 0.4) is 0 Å². The molecule has 0 atom stereocenters. The molecule has 0 unspecified atom stereocenters. The molecule has 1 aromatic carbocycles. The number of aromatic nitrogens is 2. The molecule has 4 nitrogen and oxygen atoms in total. The highest BCUT2D eigenvalue weighted by Crippen LogP contribution is 2.26. The molecule has 0 saturated heterocycles. The second kappa shape index (κ2) is 6.95. The summed E-state index contributed by atoms with van der Waals surface area (Å²) in [5, 5.41) is 0. The lowest BCUT2D eigenvalue weighted by molar-refractivity contribution is 0.320. The van der Waals surface area contributed by atoms with Crippen molar-refractivity contribution in [1.29, 1.82) is 0 Å². The Morgan fingerprint density at radius 3 is 2.80 bits per heavy atom. The van der Waals surface area contributed by atoms with Crippen molar-refractivity contribution in [2.24, 2.45) is 0 Å². The van der Waals surface area contributed by atoms with Crippen LogP contribution in [0.4, 0.5) is 0 Å².